The van der Waals surface area contributed by atoms with Gasteiger partial charge in [0.1, 0.15) is 5.84 Å². The van der Waals surface area contributed by atoms with E-state index in [0.717, 1.165) is 12.4 Å². The molecule has 15 heavy (non-hydrogen) atoms. The van der Waals surface area contributed by atoms with Crippen LogP contribution in [0.4, 0.5) is 0 Å². The average Bonchev–Trinajstić information content (AvgIpc) is 2.75. The minimum atomic E-state index is 0.0921. The predicted octanol–water partition coefficient (Wildman–Crippen LogP) is 2.37. The van der Waals surface area contributed by atoms with E-state index >= 15 is 0 Å². The van der Waals surface area contributed by atoms with Crippen molar-refractivity contribution in [2.75, 3.05) is 0 Å². The van der Waals surface area contributed by atoms with E-state index in [1.54, 1.807) is 0 Å². The fourth-order valence-electron chi connectivity index (χ4n) is 3.09. The smallest absolute Gasteiger partial charge is 0.105 e. The van der Waals surface area contributed by atoms with Gasteiger partial charge in [-0.2, -0.15) is 0 Å². The van der Waals surface area contributed by atoms with Gasteiger partial charge in [-0.1, -0.05) is 37.1 Å². The van der Waals surface area contributed by atoms with Crippen LogP contribution >= 0.6 is 0 Å². The summed E-state index contributed by atoms with van der Waals surface area (Å²) in [7, 11) is 0. The number of rotatable bonds is 0. The van der Waals surface area contributed by atoms with Crippen molar-refractivity contribution in [3.05, 3.63) is 35.4 Å². The molecule has 78 valence electrons. The molecule has 0 amide bonds. The Balaban J connectivity index is 2.18. The van der Waals surface area contributed by atoms with Gasteiger partial charge in [0.25, 0.3) is 0 Å². The number of hydrogen-bond donors (Lipinski definition) is 1. The molecule has 1 spiro atoms. The summed E-state index contributed by atoms with van der Waals surface area (Å²) in [4.78, 5) is 4.50. The minimum absolute atomic E-state index is 0.0921. The third-order valence-electron chi connectivity index (χ3n) is 3.90. The third-order valence-corrected chi connectivity index (χ3v) is 3.90. The van der Waals surface area contributed by atoms with Crippen molar-refractivity contribution in [2.24, 2.45) is 10.7 Å². The zero-order chi connectivity index (χ0) is 10.3. The van der Waals surface area contributed by atoms with Gasteiger partial charge in [-0.05, 0) is 24.0 Å². The quantitative estimate of drug-likeness (QED) is 0.686. The molecule has 0 aromatic heterocycles. The molecular weight excluding hydrogens is 184 g/mol. The average molecular weight is 200 g/mol. The van der Waals surface area contributed by atoms with Crippen molar-refractivity contribution in [1.29, 1.82) is 0 Å². The van der Waals surface area contributed by atoms with Gasteiger partial charge in [0.2, 0.25) is 0 Å². The van der Waals surface area contributed by atoms with Crippen LogP contribution in [0.5, 0.6) is 0 Å². The Morgan fingerprint density at radius 1 is 1.13 bits per heavy atom. The Kier molecular flexibility index (Phi) is 1.84. The highest BCUT2D eigenvalue weighted by Gasteiger charge is 2.42. The molecule has 1 saturated carbocycles. The largest absolute Gasteiger partial charge is 0.387 e. The monoisotopic (exact) mass is 200 g/mol. The van der Waals surface area contributed by atoms with Crippen molar-refractivity contribution in [2.45, 2.75) is 37.6 Å². The second kappa shape index (κ2) is 3.09. The molecule has 1 aliphatic heterocycles. The highest BCUT2D eigenvalue weighted by molar-refractivity contribution is 5.93. The third kappa shape index (κ3) is 1.14. The van der Waals surface area contributed by atoms with Gasteiger partial charge in [0.05, 0.1) is 12.0 Å². The Bertz CT molecular complexity index is 414. The maximum absolute atomic E-state index is 6.14. The van der Waals surface area contributed by atoms with E-state index in [2.05, 4.69) is 29.3 Å². The first-order valence-electron chi connectivity index (χ1n) is 5.72. The Morgan fingerprint density at radius 3 is 2.67 bits per heavy atom. The maximum atomic E-state index is 6.14. The molecule has 1 aliphatic carbocycles. The van der Waals surface area contributed by atoms with E-state index in [1.807, 2.05) is 0 Å². The van der Waals surface area contributed by atoms with E-state index in [9.17, 15) is 0 Å². The molecule has 2 aliphatic rings. The van der Waals surface area contributed by atoms with E-state index in [4.69, 9.17) is 5.73 Å². The fraction of sp³-hybridized carbons (Fsp3) is 0.462. The molecule has 2 nitrogen and oxygen atoms in total. The van der Waals surface area contributed by atoms with Crippen molar-refractivity contribution in [1.82, 2.24) is 0 Å². The van der Waals surface area contributed by atoms with Gasteiger partial charge in [-0.3, -0.25) is 4.99 Å². The van der Waals surface area contributed by atoms with Crippen molar-refractivity contribution in [3.8, 4) is 0 Å². The molecule has 1 heterocycles. The molecule has 0 unspecified atom stereocenters. The second-order valence-corrected chi connectivity index (χ2v) is 4.65. The molecule has 1 fully saturated rings. The van der Waals surface area contributed by atoms with Crippen molar-refractivity contribution < 1.29 is 0 Å². The van der Waals surface area contributed by atoms with Gasteiger partial charge in [-0.25, -0.2) is 0 Å². The van der Waals surface area contributed by atoms with Gasteiger partial charge in [0.15, 0.2) is 0 Å². The van der Waals surface area contributed by atoms with E-state index in [0.29, 0.717) is 0 Å². The van der Waals surface area contributed by atoms with Gasteiger partial charge < -0.3 is 5.73 Å². The molecular formula is C13H16N2. The first-order valence-corrected chi connectivity index (χ1v) is 5.72. The lowest BCUT2D eigenvalue weighted by atomic mass is 9.74. The Morgan fingerprint density at radius 2 is 1.87 bits per heavy atom. The molecule has 0 saturated heterocycles. The topological polar surface area (TPSA) is 38.4 Å². The SMILES string of the molecule is NC1=NCc2ccccc2C12CCCC2. The van der Waals surface area contributed by atoms with Crippen LogP contribution in [-0.2, 0) is 12.0 Å². The van der Waals surface area contributed by atoms with Crippen LogP contribution in [0.25, 0.3) is 0 Å². The molecule has 2 heteroatoms. The number of fused-ring (bicyclic) bond motifs is 2. The second-order valence-electron chi connectivity index (χ2n) is 4.65. The first kappa shape index (κ1) is 8.96. The number of aliphatic imine (C=N–C) groups is 1. The van der Waals surface area contributed by atoms with Crippen molar-refractivity contribution >= 4 is 5.84 Å². The number of hydrogen-bond acceptors (Lipinski definition) is 2. The lowest BCUT2D eigenvalue weighted by molar-refractivity contribution is 0.570. The molecule has 0 radical (unpaired) electrons. The highest BCUT2D eigenvalue weighted by Crippen LogP contribution is 2.44. The standard InChI is InChI=1S/C13H16N2/c14-12-13(7-3-4-8-13)11-6-2-1-5-10(11)9-15-12/h1-2,5-6H,3-4,7-9H2,(H2,14,15). The van der Waals surface area contributed by atoms with E-state index < -0.39 is 0 Å². The zero-order valence-corrected chi connectivity index (χ0v) is 8.87. The molecule has 0 atom stereocenters. The highest BCUT2D eigenvalue weighted by atomic mass is 14.9. The Hall–Kier alpha value is -1.31. The van der Waals surface area contributed by atoms with Gasteiger partial charge in [-0.15, -0.1) is 0 Å². The fourth-order valence-corrected chi connectivity index (χ4v) is 3.09. The first-order chi connectivity index (χ1) is 7.33. The van der Waals surface area contributed by atoms with Crippen LogP contribution in [0, 0.1) is 0 Å². The summed E-state index contributed by atoms with van der Waals surface area (Å²) >= 11 is 0. The van der Waals surface area contributed by atoms with Gasteiger partial charge in [0, 0.05) is 0 Å². The van der Waals surface area contributed by atoms with Crippen molar-refractivity contribution in [3.63, 3.8) is 0 Å². The summed E-state index contributed by atoms with van der Waals surface area (Å²) in [6.45, 7) is 0.768. The van der Waals surface area contributed by atoms with Crippen LogP contribution in [0.15, 0.2) is 29.3 Å². The Labute approximate surface area is 90.2 Å². The predicted molar refractivity (Wildman–Crippen MR) is 61.9 cm³/mol. The van der Waals surface area contributed by atoms with Crippen LogP contribution in [0.3, 0.4) is 0 Å². The number of benzene rings is 1. The molecule has 3 rings (SSSR count). The molecule has 2 N–H and O–H groups in total. The summed E-state index contributed by atoms with van der Waals surface area (Å²) < 4.78 is 0. The summed E-state index contributed by atoms with van der Waals surface area (Å²) in [5, 5.41) is 0. The summed E-state index contributed by atoms with van der Waals surface area (Å²) in [6, 6.07) is 8.64. The molecule has 0 bridgehead atoms. The van der Waals surface area contributed by atoms with E-state index in [-0.39, 0.29) is 5.41 Å². The lowest BCUT2D eigenvalue weighted by Crippen LogP contribution is -2.42. The molecule has 1 aromatic rings. The number of amidine groups is 1. The number of nitrogens with zero attached hydrogens (tertiary/aromatic N) is 1. The normalized spacial score (nSPS) is 22.5. The number of nitrogens with two attached hydrogens (primary N) is 1. The van der Waals surface area contributed by atoms with Crippen LogP contribution in [-0.4, -0.2) is 5.84 Å². The van der Waals surface area contributed by atoms with Crippen LogP contribution in [0.2, 0.25) is 0 Å². The molecule has 1 aromatic carbocycles. The lowest BCUT2D eigenvalue weighted by Gasteiger charge is -2.34. The van der Waals surface area contributed by atoms with Gasteiger partial charge >= 0.3 is 0 Å². The summed E-state index contributed by atoms with van der Waals surface area (Å²) in [6.07, 6.45) is 4.92. The minimum Gasteiger partial charge on any atom is -0.387 e. The van der Waals surface area contributed by atoms with Crippen LogP contribution in [0.1, 0.15) is 36.8 Å². The summed E-state index contributed by atoms with van der Waals surface area (Å²) in [5.74, 6) is 0.874. The van der Waals surface area contributed by atoms with E-state index in [1.165, 1.54) is 36.8 Å². The summed E-state index contributed by atoms with van der Waals surface area (Å²) in [5.41, 5.74) is 9.04. The zero-order valence-electron chi connectivity index (χ0n) is 8.87. The maximum Gasteiger partial charge on any atom is 0.105 e. The van der Waals surface area contributed by atoms with Crippen LogP contribution < -0.4 is 5.73 Å².